The Morgan fingerprint density at radius 1 is 1.19 bits per heavy atom. The Morgan fingerprint density at radius 3 is 2.90 bits per heavy atom. The Balaban J connectivity index is 1.79. The molecule has 0 saturated heterocycles. The quantitative estimate of drug-likeness (QED) is 0.758. The molecule has 0 atom stereocenters. The lowest BCUT2D eigenvalue weighted by Crippen LogP contribution is -2.24. The Kier molecular flexibility index (Phi) is 3.42. The van der Waals surface area contributed by atoms with Crippen molar-refractivity contribution in [2.45, 2.75) is 6.54 Å². The fourth-order valence-electron chi connectivity index (χ4n) is 2.07. The lowest BCUT2D eigenvalue weighted by molar-refractivity contribution is 0.0946. The molecule has 3 rings (SSSR count). The minimum absolute atomic E-state index is 0.197. The third kappa shape index (κ3) is 2.79. The number of benzene rings is 1. The van der Waals surface area contributed by atoms with Crippen molar-refractivity contribution in [3.63, 3.8) is 0 Å². The monoisotopic (exact) mass is 279 g/mol. The molecule has 0 aliphatic rings. The van der Waals surface area contributed by atoms with Crippen LogP contribution in [0.25, 0.3) is 10.9 Å². The molecule has 6 heteroatoms. The first-order chi connectivity index (χ1) is 10.2. The van der Waals surface area contributed by atoms with Gasteiger partial charge in [-0.15, -0.1) is 0 Å². The number of carbonyl (C=O) groups is 1. The number of hydrogen-bond acceptors (Lipinski definition) is 5. The number of nitrogen functional groups attached to an aromatic ring is 1. The summed E-state index contributed by atoms with van der Waals surface area (Å²) in [7, 11) is 0. The maximum absolute atomic E-state index is 12.0. The molecule has 6 nitrogen and oxygen atoms in total. The summed E-state index contributed by atoms with van der Waals surface area (Å²) in [4.78, 5) is 24.1. The van der Waals surface area contributed by atoms with Gasteiger partial charge in [0.05, 0.1) is 17.9 Å². The summed E-state index contributed by atoms with van der Waals surface area (Å²) in [6, 6.07) is 9.72. The van der Waals surface area contributed by atoms with Crippen molar-refractivity contribution in [2.24, 2.45) is 0 Å². The molecule has 0 spiro atoms. The van der Waals surface area contributed by atoms with Gasteiger partial charge in [-0.1, -0.05) is 24.3 Å². The van der Waals surface area contributed by atoms with Gasteiger partial charge in [0.15, 0.2) is 0 Å². The maximum atomic E-state index is 12.0. The van der Waals surface area contributed by atoms with E-state index in [0.29, 0.717) is 6.54 Å². The molecule has 21 heavy (non-hydrogen) atoms. The number of nitrogens with two attached hydrogens (primary N) is 1. The van der Waals surface area contributed by atoms with Crippen LogP contribution in [0.15, 0.2) is 48.9 Å². The Morgan fingerprint density at radius 2 is 2.05 bits per heavy atom. The number of amides is 1. The van der Waals surface area contributed by atoms with Crippen LogP contribution in [0.4, 0.5) is 5.82 Å². The van der Waals surface area contributed by atoms with Gasteiger partial charge in [0.25, 0.3) is 5.91 Å². The first-order valence-corrected chi connectivity index (χ1v) is 6.42. The van der Waals surface area contributed by atoms with Crippen LogP contribution in [0.5, 0.6) is 0 Å². The van der Waals surface area contributed by atoms with Gasteiger partial charge in [0.1, 0.15) is 11.5 Å². The zero-order valence-electron chi connectivity index (χ0n) is 11.2. The Labute approximate surface area is 121 Å². The second-order valence-corrected chi connectivity index (χ2v) is 4.50. The van der Waals surface area contributed by atoms with Gasteiger partial charge in [0, 0.05) is 18.1 Å². The third-order valence-corrected chi connectivity index (χ3v) is 3.04. The van der Waals surface area contributed by atoms with Gasteiger partial charge in [-0.2, -0.15) is 0 Å². The molecular formula is C15H13N5O. The van der Waals surface area contributed by atoms with Crippen LogP contribution in [-0.4, -0.2) is 20.9 Å². The number of nitrogens with one attached hydrogen (secondary N) is 1. The van der Waals surface area contributed by atoms with E-state index in [-0.39, 0.29) is 17.4 Å². The Bertz CT molecular complexity index is 797. The SMILES string of the molecule is Nc1cncc(C(=O)NCc2cccc3cccnc23)n1. The van der Waals surface area contributed by atoms with Crippen LogP contribution in [0.1, 0.15) is 16.1 Å². The lowest BCUT2D eigenvalue weighted by atomic mass is 10.1. The zero-order valence-corrected chi connectivity index (χ0v) is 11.2. The first kappa shape index (κ1) is 13.0. The number of fused-ring (bicyclic) bond motifs is 1. The predicted octanol–water partition coefficient (Wildman–Crippen LogP) is 1.54. The molecule has 0 aliphatic carbocycles. The van der Waals surface area contributed by atoms with Gasteiger partial charge in [-0.3, -0.25) is 14.8 Å². The predicted molar refractivity (Wildman–Crippen MR) is 79.4 cm³/mol. The van der Waals surface area contributed by atoms with Crippen LogP contribution in [0.3, 0.4) is 0 Å². The summed E-state index contributed by atoms with van der Waals surface area (Å²) >= 11 is 0. The molecule has 0 fully saturated rings. The molecule has 3 aromatic rings. The number of nitrogens with zero attached hydrogens (tertiary/aromatic N) is 3. The third-order valence-electron chi connectivity index (χ3n) is 3.04. The highest BCUT2D eigenvalue weighted by atomic mass is 16.1. The van der Waals surface area contributed by atoms with Crippen LogP contribution in [0.2, 0.25) is 0 Å². The standard InChI is InChI=1S/C15H13N5O/c16-13-9-17-8-12(20-13)15(21)19-7-11-4-1-3-10-5-2-6-18-14(10)11/h1-6,8-9H,7H2,(H2,16,20)(H,19,21). The first-order valence-electron chi connectivity index (χ1n) is 6.42. The fourth-order valence-corrected chi connectivity index (χ4v) is 2.07. The number of hydrogen-bond donors (Lipinski definition) is 2. The van der Waals surface area contributed by atoms with Crippen molar-refractivity contribution in [1.82, 2.24) is 20.3 Å². The minimum Gasteiger partial charge on any atom is -0.382 e. The van der Waals surface area contributed by atoms with Gasteiger partial charge in [-0.05, 0) is 11.6 Å². The normalized spacial score (nSPS) is 10.5. The number of anilines is 1. The van der Waals surface area contributed by atoms with E-state index in [1.54, 1.807) is 6.20 Å². The Hall–Kier alpha value is -3.02. The van der Waals surface area contributed by atoms with Crippen LogP contribution in [0, 0.1) is 0 Å². The highest BCUT2D eigenvalue weighted by Gasteiger charge is 2.09. The van der Waals surface area contributed by atoms with Crippen molar-refractivity contribution < 1.29 is 4.79 Å². The van der Waals surface area contributed by atoms with E-state index in [1.807, 2.05) is 30.3 Å². The molecule has 1 amide bonds. The van der Waals surface area contributed by atoms with Crippen molar-refractivity contribution >= 4 is 22.6 Å². The summed E-state index contributed by atoms with van der Waals surface area (Å²) < 4.78 is 0. The summed E-state index contributed by atoms with van der Waals surface area (Å²) in [5.41, 5.74) is 7.53. The molecule has 1 aromatic carbocycles. The fraction of sp³-hybridized carbons (Fsp3) is 0.0667. The summed E-state index contributed by atoms with van der Waals surface area (Å²) in [6.45, 7) is 0.365. The van der Waals surface area contributed by atoms with Gasteiger partial charge in [-0.25, -0.2) is 4.98 Å². The molecule has 0 radical (unpaired) electrons. The number of rotatable bonds is 3. The highest BCUT2D eigenvalue weighted by molar-refractivity contribution is 5.92. The van der Waals surface area contributed by atoms with E-state index in [1.165, 1.54) is 12.4 Å². The van der Waals surface area contributed by atoms with Crippen molar-refractivity contribution in [3.8, 4) is 0 Å². The van der Waals surface area contributed by atoms with E-state index in [2.05, 4.69) is 20.3 Å². The summed E-state index contributed by atoms with van der Waals surface area (Å²) in [5.74, 6) is -0.0998. The van der Waals surface area contributed by atoms with E-state index in [9.17, 15) is 4.79 Å². The van der Waals surface area contributed by atoms with Gasteiger partial charge >= 0.3 is 0 Å². The van der Waals surface area contributed by atoms with Crippen molar-refractivity contribution in [3.05, 3.63) is 60.2 Å². The molecule has 2 heterocycles. The van der Waals surface area contributed by atoms with Gasteiger partial charge in [0.2, 0.25) is 0 Å². The van der Waals surface area contributed by atoms with Crippen molar-refractivity contribution in [2.75, 3.05) is 5.73 Å². The molecule has 0 aliphatic heterocycles. The summed E-state index contributed by atoms with van der Waals surface area (Å²) in [5, 5.41) is 3.83. The van der Waals surface area contributed by atoms with E-state index >= 15 is 0 Å². The molecule has 0 bridgehead atoms. The molecular weight excluding hydrogens is 266 g/mol. The second-order valence-electron chi connectivity index (χ2n) is 4.50. The average Bonchev–Trinajstić information content (AvgIpc) is 2.52. The average molecular weight is 279 g/mol. The smallest absolute Gasteiger partial charge is 0.271 e. The largest absolute Gasteiger partial charge is 0.382 e. The number of pyridine rings is 1. The molecule has 104 valence electrons. The lowest BCUT2D eigenvalue weighted by Gasteiger charge is -2.07. The van der Waals surface area contributed by atoms with Crippen LogP contribution >= 0.6 is 0 Å². The second kappa shape index (κ2) is 5.54. The molecule has 0 unspecified atom stereocenters. The van der Waals surface area contributed by atoms with E-state index < -0.39 is 0 Å². The number of para-hydroxylation sites is 1. The van der Waals surface area contributed by atoms with Crippen LogP contribution < -0.4 is 11.1 Å². The summed E-state index contributed by atoms with van der Waals surface area (Å²) in [6.07, 6.45) is 4.51. The zero-order chi connectivity index (χ0) is 14.7. The van der Waals surface area contributed by atoms with E-state index in [0.717, 1.165) is 16.5 Å². The van der Waals surface area contributed by atoms with E-state index in [4.69, 9.17) is 5.73 Å². The minimum atomic E-state index is -0.317. The van der Waals surface area contributed by atoms with Gasteiger partial charge < -0.3 is 11.1 Å². The molecule has 2 aromatic heterocycles. The highest BCUT2D eigenvalue weighted by Crippen LogP contribution is 2.15. The number of carbonyl (C=O) groups excluding carboxylic acids is 1. The molecule has 3 N–H and O–H groups in total. The number of aromatic nitrogens is 3. The molecule has 0 saturated carbocycles. The maximum Gasteiger partial charge on any atom is 0.271 e. The van der Waals surface area contributed by atoms with Crippen molar-refractivity contribution in [1.29, 1.82) is 0 Å². The topological polar surface area (TPSA) is 93.8 Å². The van der Waals surface area contributed by atoms with Crippen LogP contribution in [-0.2, 0) is 6.54 Å².